The third-order valence-corrected chi connectivity index (χ3v) is 3.66. The summed E-state index contributed by atoms with van der Waals surface area (Å²) in [6.07, 6.45) is 8.93. The van der Waals surface area contributed by atoms with Crippen molar-refractivity contribution in [1.82, 2.24) is 9.55 Å². The van der Waals surface area contributed by atoms with Crippen LogP contribution >= 0.6 is 23.2 Å². The van der Waals surface area contributed by atoms with E-state index in [0.29, 0.717) is 10.0 Å². The molecule has 0 bridgehead atoms. The van der Waals surface area contributed by atoms with Gasteiger partial charge in [0, 0.05) is 23.3 Å². The Hall–Kier alpha value is -0.990. The zero-order valence-corrected chi connectivity index (χ0v) is 12.6. The van der Waals surface area contributed by atoms with E-state index in [0.717, 1.165) is 17.8 Å². The van der Waals surface area contributed by atoms with Gasteiger partial charge in [-0.25, -0.2) is 4.98 Å². The fourth-order valence-electron chi connectivity index (χ4n) is 2.04. The molecule has 0 saturated carbocycles. The Morgan fingerprint density at radius 1 is 1.16 bits per heavy atom. The molecule has 0 atom stereocenters. The number of unbranched alkanes of at least 4 members (excludes halogenated alkanes) is 3. The lowest BCUT2D eigenvalue weighted by Gasteiger charge is -2.02. The number of hydrogen-bond donors (Lipinski definition) is 0. The first-order valence-corrected chi connectivity index (χ1v) is 7.43. The third-order valence-electron chi connectivity index (χ3n) is 3.11. The molecular weight excluding hydrogens is 279 g/mol. The number of hydrogen-bond acceptors (Lipinski definition) is 1. The van der Waals surface area contributed by atoms with Gasteiger partial charge in [0.15, 0.2) is 0 Å². The van der Waals surface area contributed by atoms with Gasteiger partial charge in [0.2, 0.25) is 0 Å². The van der Waals surface area contributed by atoms with Crippen LogP contribution in [-0.4, -0.2) is 9.55 Å². The second-order valence-electron chi connectivity index (χ2n) is 4.68. The second-order valence-corrected chi connectivity index (χ2v) is 5.53. The summed E-state index contributed by atoms with van der Waals surface area (Å²) in [5, 5.41) is 1.29. The smallest absolute Gasteiger partial charge is 0.0953 e. The summed E-state index contributed by atoms with van der Waals surface area (Å²) in [4.78, 5) is 4.41. The quantitative estimate of drug-likeness (QED) is 0.649. The van der Waals surface area contributed by atoms with Crippen LogP contribution in [0.3, 0.4) is 0 Å². The molecule has 2 nitrogen and oxygen atoms in total. The van der Waals surface area contributed by atoms with Crippen LogP contribution in [0.4, 0.5) is 0 Å². The minimum absolute atomic E-state index is 0.642. The van der Waals surface area contributed by atoms with E-state index >= 15 is 0 Å². The van der Waals surface area contributed by atoms with Crippen LogP contribution < -0.4 is 0 Å². The normalized spacial score (nSPS) is 10.9. The summed E-state index contributed by atoms with van der Waals surface area (Å²) < 4.78 is 2.12. The van der Waals surface area contributed by atoms with Crippen molar-refractivity contribution in [1.29, 1.82) is 0 Å². The standard InChI is InChI=1S/C15H18Cl2N2/c1-2-3-4-5-8-19-10-15(18-11-19)13-7-6-12(16)9-14(13)17/h6-7,9-11H,2-5,8H2,1H3. The van der Waals surface area contributed by atoms with Gasteiger partial charge in [-0.05, 0) is 24.6 Å². The number of rotatable bonds is 6. The van der Waals surface area contributed by atoms with Crippen molar-refractivity contribution in [2.45, 2.75) is 39.2 Å². The summed E-state index contributed by atoms with van der Waals surface area (Å²) >= 11 is 12.1. The van der Waals surface area contributed by atoms with Gasteiger partial charge in [0.25, 0.3) is 0 Å². The SMILES string of the molecule is CCCCCCn1cnc(-c2ccc(Cl)cc2Cl)c1. The van der Waals surface area contributed by atoms with Gasteiger partial charge < -0.3 is 4.57 Å². The molecule has 0 fully saturated rings. The summed E-state index contributed by atoms with van der Waals surface area (Å²) in [5.74, 6) is 0. The van der Waals surface area contributed by atoms with Gasteiger partial charge in [0.1, 0.15) is 0 Å². The van der Waals surface area contributed by atoms with Crippen molar-refractivity contribution < 1.29 is 0 Å². The molecule has 0 aliphatic rings. The molecule has 0 aliphatic heterocycles. The van der Waals surface area contributed by atoms with Gasteiger partial charge in [-0.1, -0.05) is 49.4 Å². The zero-order valence-electron chi connectivity index (χ0n) is 11.1. The molecule has 2 aromatic rings. The molecule has 0 saturated heterocycles. The van der Waals surface area contributed by atoms with Crippen molar-refractivity contribution in [3.05, 3.63) is 40.8 Å². The first kappa shape index (κ1) is 14.4. The first-order valence-electron chi connectivity index (χ1n) is 6.68. The van der Waals surface area contributed by atoms with Crippen LogP contribution in [0.2, 0.25) is 10.0 Å². The van der Waals surface area contributed by atoms with Crippen LogP contribution in [0, 0.1) is 0 Å². The van der Waals surface area contributed by atoms with E-state index in [2.05, 4.69) is 16.5 Å². The number of aromatic nitrogens is 2. The molecule has 0 radical (unpaired) electrons. The molecule has 1 aromatic heterocycles. The summed E-state index contributed by atoms with van der Waals surface area (Å²) in [7, 11) is 0. The van der Waals surface area contributed by atoms with Crippen LogP contribution in [0.1, 0.15) is 32.6 Å². The summed E-state index contributed by atoms with van der Waals surface area (Å²) in [6, 6.07) is 5.50. The first-order chi connectivity index (χ1) is 9.20. The third kappa shape index (κ3) is 3.99. The molecule has 1 aromatic carbocycles. The highest BCUT2D eigenvalue weighted by Gasteiger charge is 2.07. The van der Waals surface area contributed by atoms with Crippen LogP contribution in [0.5, 0.6) is 0 Å². The summed E-state index contributed by atoms with van der Waals surface area (Å²) in [6.45, 7) is 3.23. The maximum absolute atomic E-state index is 6.19. The lowest BCUT2D eigenvalue weighted by molar-refractivity contribution is 0.582. The van der Waals surface area contributed by atoms with Gasteiger partial charge in [-0.2, -0.15) is 0 Å². The number of imidazole rings is 1. The van der Waals surface area contributed by atoms with E-state index < -0.39 is 0 Å². The monoisotopic (exact) mass is 296 g/mol. The van der Waals surface area contributed by atoms with E-state index in [1.54, 1.807) is 6.07 Å². The molecule has 0 aliphatic carbocycles. The Balaban J connectivity index is 2.04. The van der Waals surface area contributed by atoms with Crippen molar-refractivity contribution in [2.75, 3.05) is 0 Å². The Morgan fingerprint density at radius 3 is 2.74 bits per heavy atom. The minimum atomic E-state index is 0.642. The molecule has 0 amide bonds. The molecule has 4 heteroatoms. The highest BCUT2D eigenvalue weighted by Crippen LogP contribution is 2.29. The zero-order chi connectivity index (χ0) is 13.7. The highest BCUT2D eigenvalue weighted by atomic mass is 35.5. The highest BCUT2D eigenvalue weighted by molar-refractivity contribution is 6.36. The molecule has 1 heterocycles. The maximum Gasteiger partial charge on any atom is 0.0953 e. The minimum Gasteiger partial charge on any atom is -0.337 e. The fourth-order valence-corrected chi connectivity index (χ4v) is 2.55. The molecule has 19 heavy (non-hydrogen) atoms. The molecule has 0 spiro atoms. The Morgan fingerprint density at radius 2 is 2.00 bits per heavy atom. The Labute approximate surface area is 124 Å². The molecule has 0 N–H and O–H groups in total. The van der Waals surface area contributed by atoms with Crippen LogP contribution in [0.25, 0.3) is 11.3 Å². The fraction of sp³-hybridized carbons (Fsp3) is 0.400. The predicted octanol–water partition coefficient (Wildman–Crippen LogP) is 5.44. The van der Waals surface area contributed by atoms with E-state index in [1.165, 1.54) is 25.7 Å². The van der Waals surface area contributed by atoms with Gasteiger partial charge >= 0.3 is 0 Å². The average Bonchev–Trinajstić information content (AvgIpc) is 2.83. The maximum atomic E-state index is 6.19. The largest absolute Gasteiger partial charge is 0.337 e. The Bertz CT molecular complexity index is 535. The van der Waals surface area contributed by atoms with E-state index in [-0.39, 0.29) is 0 Å². The number of nitrogens with zero attached hydrogens (tertiary/aromatic N) is 2. The van der Waals surface area contributed by atoms with Crippen molar-refractivity contribution in [2.24, 2.45) is 0 Å². The molecule has 0 unspecified atom stereocenters. The van der Waals surface area contributed by atoms with Crippen LogP contribution in [-0.2, 0) is 6.54 Å². The van der Waals surface area contributed by atoms with Crippen LogP contribution in [0.15, 0.2) is 30.7 Å². The van der Waals surface area contributed by atoms with Gasteiger partial charge in [-0.15, -0.1) is 0 Å². The number of halogens is 2. The molecular formula is C15H18Cl2N2. The molecule has 102 valence electrons. The average molecular weight is 297 g/mol. The van der Waals surface area contributed by atoms with Gasteiger partial charge in [0.05, 0.1) is 17.0 Å². The second kappa shape index (κ2) is 6.97. The number of benzene rings is 1. The van der Waals surface area contributed by atoms with E-state index in [4.69, 9.17) is 23.2 Å². The van der Waals surface area contributed by atoms with Crippen molar-refractivity contribution in [3.63, 3.8) is 0 Å². The number of aryl methyl sites for hydroxylation is 1. The topological polar surface area (TPSA) is 17.8 Å². The van der Waals surface area contributed by atoms with Crippen molar-refractivity contribution in [3.8, 4) is 11.3 Å². The lowest BCUT2D eigenvalue weighted by Crippen LogP contribution is -1.93. The lowest BCUT2D eigenvalue weighted by atomic mass is 10.2. The summed E-state index contributed by atoms with van der Waals surface area (Å²) in [5.41, 5.74) is 1.83. The van der Waals surface area contributed by atoms with Gasteiger partial charge in [-0.3, -0.25) is 0 Å². The predicted molar refractivity (Wildman–Crippen MR) is 81.8 cm³/mol. The Kier molecular flexibility index (Phi) is 5.29. The van der Waals surface area contributed by atoms with Crippen molar-refractivity contribution >= 4 is 23.2 Å². The van der Waals surface area contributed by atoms with E-state index in [9.17, 15) is 0 Å². The molecule has 2 rings (SSSR count). The van der Waals surface area contributed by atoms with E-state index in [1.807, 2.05) is 24.7 Å².